The van der Waals surface area contributed by atoms with E-state index in [1.54, 1.807) is 20.8 Å². The molecule has 0 aromatic rings. The molecule has 5 nitrogen and oxygen atoms in total. The lowest BCUT2D eigenvalue weighted by molar-refractivity contribution is -0.157. The molecular formula is C15H27NO4. The van der Waals surface area contributed by atoms with Gasteiger partial charge in [0.2, 0.25) is 0 Å². The van der Waals surface area contributed by atoms with E-state index in [1.165, 1.54) is 7.11 Å². The Morgan fingerprint density at radius 3 is 2.30 bits per heavy atom. The van der Waals surface area contributed by atoms with Crippen LogP contribution < -0.4 is 5.32 Å². The third kappa shape index (κ3) is 3.87. The van der Waals surface area contributed by atoms with Gasteiger partial charge < -0.3 is 14.8 Å². The van der Waals surface area contributed by atoms with Crippen LogP contribution in [0.15, 0.2) is 0 Å². The van der Waals surface area contributed by atoms with Gasteiger partial charge in [0, 0.05) is 0 Å². The fourth-order valence-corrected chi connectivity index (χ4v) is 2.68. The van der Waals surface area contributed by atoms with Gasteiger partial charge in [-0.05, 0) is 51.9 Å². The molecule has 1 aliphatic rings. The van der Waals surface area contributed by atoms with Gasteiger partial charge in [0.15, 0.2) is 0 Å². The molecule has 1 aliphatic carbocycles. The number of carbonyl (C=O) groups is 2. The van der Waals surface area contributed by atoms with E-state index in [1.807, 2.05) is 0 Å². The van der Waals surface area contributed by atoms with Crippen molar-refractivity contribution < 1.29 is 19.1 Å². The van der Waals surface area contributed by atoms with E-state index in [0.717, 1.165) is 12.8 Å². The number of methoxy groups -OCH3 is 1. The molecule has 0 bridgehead atoms. The Bertz CT molecular complexity index is 373. The first-order valence-electron chi connectivity index (χ1n) is 7.20. The molecule has 0 radical (unpaired) electrons. The second kappa shape index (κ2) is 6.02. The Morgan fingerprint density at radius 1 is 1.35 bits per heavy atom. The molecule has 1 N–H and O–H groups in total. The molecule has 0 unspecified atom stereocenters. The normalized spacial score (nSPS) is 25.9. The SMILES string of the molecule is COC(=O)[C@@]1(NC(=O)OC(C)(C)C)CC[C@H]1CC(C)C. The average Bonchev–Trinajstić information content (AvgIpc) is 2.28. The highest BCUT2D eigenvalue weighted by molar-refractivity contribution is 5.87. The summed E-state index contributed by atoms with van der Waals surface area (Å²) in [5, 5.41) is 2.76. The highest BCUT2D eigenvalue weighted by Gasteiger charge is 2.55. The zero-order valence-corrected chi connectivity index (χ0v) is 13.4. The van der Waals surface area contributed by atoms with E-state index in [0.29, 0.717) is 12.3 Å². The highest BCUT2D eigenvalue weighted by Crippen LogP contribution is 2.43. The van der Waals surface area contributed by atoms with Crippen molar-refractivity contribution in [2.24, 2.45) is 11.8 Å². The minimum atomic E-state index is -0.915. The molecule has 0 aromatic carbocycles. The van der Waals surface area contributed by atoms with Crippen LogP contribution in [0, 0.1) is 11.8 Å². The number of nitrogens with one attached hydrogen (secondary N) is 1. The van der Waals surface area contributed by atoms with Crippen LogP contribution in [0.1, 0.15) is 53.9 Å². The number of amides is 1. The van der Waals surface area contributed by atoms with Gasteiger partial charge in [-0.25, -0.2) is 9.59 Å². The van der Waals surface area contributed by atoms with E-state index in [4.69, 9.17) is 9.47 Å². The van der Waals surface area contributed by atoms with Gasteiger partial charge >= 0.3 is 12.1 Å². The van der Waals surface area contributed by atoms with Crippen LogP contribution in [0.5, 0.6) is 0 Å². The Balaban J connectivity index is 2.81. The topological polar surface area (TPSA) is 64.6 Å². The van der Waals surface area contributed by atoms with Crippen LogP contribution in [0.25, 0.3) is 0 Å². The lowest BCUT2D eigenvalue weighted by Gasteiger charge is -2.47. The summed E-state index contributed by atoms with van der Waals surface area (Å²) in [5.41, 5.74) is -1.50. The molecule has 0 spiro atoms. The quantitative estimate of drug-likeness (QED) is 0.807. The molecule has 0 aliphatic heterocycles. The predicted molar refractivity (Wildman–Crippen MR) is 76.3 cm³/mol. The molecule has 0 aromatic heterocycles. The Labute approximate surface area is 121 Å². The second-order valence-electron chi connectivity index (χ2n) is 6.95. The molecule has 1 rings (SSSR count). The summed E-state index contributed by atoms with van der Waals surface area (Å²) in [5.74, 6) is 0.201. The molecule has 1 amide bonds. The molecule has 1 fully saturated rings. The molecule has 1 saturated carbocycles. The Kier molecular flexibility index (Phi) is 5.05. The first kappa shape index (κ1) is 16.8. The summed E-state index contributed by atoms with van der Waals surface area (Å²) in [6.07, 6.45) is 1.85. The summed E-state index contributed by atoms with van der Waals surface area (Å²) in [7, 11) is 1.35. The van der Waals surface area contributed by atoms with Crippen molar-refractivity contribution in [2.45, 2.75) is 65.0 Å². The van der Waals surface area contributed by atoms with E-state index in [2.05, 4.69) is 19.2 Å². The van der Waals surface area contributed by atoms with Gasteiger partial charge in [0.25, 0.3) is 0 Å². The van der Waals surface area contributed by atoms with Crippen LogP contribution in [0.2, 0.25) is 0 Å². The zero-order valence-electron chi connectivity index (χ0n) is 13.4. The number of carbonyl (C=O) groups excluding carboxylic acids is 2. The Morgan fingerprint density at radius 2 is 1.95 bits per heavy atom. The maximum Gasteiger partial charge on any atom is 0.408 e. The fraction of sp³-hybridized carbons (Fsp3) is 0.867. The summed E-state index contributed by atoms with van der Waals surface area (Å²) in [4.78, 5) is 24.1. The third-order valence-electron chi connectivity index (χ3n) is 3.61. The number of rotatable bonds is 4. The summed E-state index contributed by atoms with van der Waals surface area (Å²) < 4.78 is 10.2. The molecular weight excluding hydrogens is 258 g/mol. The molecule has 0 saturated heterocycles. The van der Waals surface area contributed by atoms with Gasteiger partial charge in [0.05, 0.1) is 7.11 Å². The minimum absolute atomic E-state index is 0.113. The van der Waals surface area contributed by atoms with Crippen LogP contribution >= 0.6 is 0 Å². The highest BCUT2D eigenvalue weighted by atomic mass is 16.6. The maximum atomic E-state index is 12.1. The van der Waals surface area contributed by atoms with Crippen LogP contribution in [-0.2, 0) is 14.3 Å². The van der Waals surface area contributed by atoms with Crippen molar-refractivity contribution >= 4 is 12.1 Å². The number of alkyl carbamates (subject to hydrolysis) is 1. The van der Waals surface area contributed by atoms with E-state index in [-0.39, 0.29) is 11.9 Å². The van der Waals surface area contributed by atoms with Gasteiger partial charge in [-0.1, -0.05) is 13.8 Å². The lowest BCUT2D eigenvalue weighted by Crippen LogP contribution is -2.66. The van der Waals surface area contributed by atoms with Crippen LogP contribution in [-0.4, -0.2) is 30.3 Å². The molecule has 0 heterocycles. The van der Waals surface area contributed by atoms with E-state index >= 15 is 0 Å². The summed E-state index contributed by atoms with van der Waals surface area (Å²) in [6, 6.07) is 0. The van der Waals surface area contributed by atoms with E-state index in [9.17, 15) is 9.59 Å². The average molecular weight is 285 g/mol. The number of hydrogen-bond donors (Lipinski definition) is 1. The first-order valence-corrected chi connectivity index (χ1v) is 7.20. The third-order valence-corrected chi connectivity index (χ3v) is 3.61. The van der Waals surface area contributed by atoms with Crippen molar-refractivity contribution in [1.82, 2.24) is 5.32 Å². The maximum absolute atomic E-state index is 12.1. The van der Waals surface area contributed by atoms with Crippen molar-refractivity contribution in [2.75, 3.05) is 7.11 Å². The van der Waals surface area contributed by atoms with E-state index < -0.39 is 17.2 Å². The number of ether oxygens (including phenoxy) is 2. The number of hydrogen-bond acceptors (Lipinski definition) is 4. The fourth-order valence-electron chi connectivity index (χ4n) is 2.68. The van der Waals surface area contributed by atoms with Gasteiger partial charge in [-0.15, -0.1) is 0 Å². The monoisotopic (exact) mass is 285 g/mol. The Hall–Kier alpha value is -1.26. The van der Waals surface area contributed by atoms with Gasteiger partial charge in [-0.2, -0.15) is 0 Å². The smallest absolute Gasteiger partial charge is 0.408 e. The first-order chi connectivity index (χ1) is 9.10. The summed E-state index contributed by atoms with van der Waals surface area (Å²) in [6.45, 7) is 9.60. The lowest BCUT2D eigenvalue weighted by atomic mass is 9.63. The van der Waals surface area contributed by atoms with Crippen LogP contribution in [0.3, 0.4) is 0 Å². The molecule has 5 heteroatoms. The number of esters is 1. The predicted octanol–water partition coefficient (Wildman–Crippen LogP) is 2.88. The van der Waals surface area contributed by atoms with Crippen molar-refractivity contribution in [1.29, 1.82) is 0 Å². The minimum Gasteiger partial charge on any atom is -0.467 e. The molecule has 20 heavy (non-hydrogen) atoms. The second-order valence-corrected chi connectivity index (χ2v) is 6.95. The van der Waals surface area contributed by atoms with Gasteiger partial charge in [-0.3, -0.25) is 0 Å². The molecule has 116 valence electrons. The van der Waals surface area contributed by atoms with Crippen LogP contribution in [0.4, 0.5) is 4.79 Å². The largest absolute Gasteiger partial charge is 0.467 e. The van der Waals surface area contributed by atoms with Crippen molar-refractivity contribution in [3.8, 4) is 0 Å². The molecule has 2 atom stereocenters. The zero-order chi connectivity index (χ0) is 15.6. The van der Waals surface area contributed by atoms with Gasteiger partial charge in [0.1, 0.15) is 11.1 Å². The van der Waals surface area contributed by atoms with Crippen molar-refractivity contribution in [3.63, 3.8) is 0 Å². The standard InChI is InChI=1S/C15H27NO4/c1-10(2)9-11-7-8-15(11,12(17)19-6)16-13(18)20-14(3,4)5/h10-11H,7-9H2,1-6H3,(H,16,18)/t11-,15+/m0/s1. The van der Waals surface area contributed by atoms with Crippen molar-refractivity contribution in [3.05, 3.63) is 0 Å². The summed E-state index contributed by atoms with van der Waals surface area (Å²) >= 11 is 0.